The summed E-state index contributed by atoms with van der Waals surface area (Å²) >= 11 is 0. The highest BCUT2D eigenvalue weighted by molar-refractivity contribution is 5.78. The smallest absolute Gasteiger partial charge is 0.337 e. The second-order valence-electron chi connectivity index (χ2n) is 7.65. The highest BCUT2D eigenvalue weighted by atomic mass is 16.5. The van der Waals surface area contributed by atoms with Gasteiger partial charge in [0.2, 0.25) is 0 Å². The number of aromatic hydroxyl groups is 1. The van der Waals surface area contributed by atoms with Crippen LogP contribution in [0.15, 0.2) is 30.3 Å². The lowest BCUT2D eigenvalue weighted by Crippen LogP contribution is -2.36. The first-order valence-corrected chi connectivity index (χ1v) is 10.1. The van der Waals surface area contributed by atoms with Crippen molar-refractivity contribution in [3.8, 4) is 11.5 Å². The maximum absolute atomic E-state index is 11.9. The topological polar surface area (TPSA) is 76.0 Å². The molecule has 0 bridgehead atoms. The number of ether oxygens (including phenoxy) is 2. The summed E-state index contributed by atoms with van der Waals surface area (Å²) in [4.78, 5) is 11.9. The fourth-order valence-corrected chi connectivity index (χ4v) is 3.42. The Morgan fingerprint density at radius 3 is 2.34 bits per heavy atom. The second kappa shape index (κ2) is 9.79. The number of phenols is 1. The van der Waals surface area contributed by atoms with E-state index in [2.05, 4.69) is 0 Å². The summed E-state index contributed by atoms with van der Waals surface area (Å²) in [5.41, 5.74) is 2.91. The van der Waals surface area contributed by atoms with E-state index in [-0.39, 0.29) is 18.8 Å². The SMILES string of the molecule is CCOC(=O)C(C)(O)CCCc1c(C)c(OCc2ccccc2)c(C)c(C)c1O. The molecule has 0 saturated carbocycles. The molecule has 2 rings (SSSR count). The molecule has 2 aromatic carbocycles. The van der Waals surface area contributed by atoms with E-state index in [1.165, 1.54) is 6.92 Å². The lowest BCUT2D eigenvalue weighted by Gasteiger charge is -2.22. The van der Waals surface area contributed by atoms with Crippen molar-refractivity contribution >= 4 is 5.97 Å². The molecule has 5 nitrogen and oxygen atoms in total. The van der Waals surface area contributed by atoms with Gasteiger partial charge in [0, 0.05) is 5.56 Å². The molecular formula is C24H32O5. The number of carbonyl (C=O) groups is 1. The Kier molecular flexibility index (Phi) is 7.68. The van der Waals surface area contributed by atoms with Gasteiger partial charge in [-0.15, -0.1) is 0 Å². The molecule has 158 valence electrons. The molecule has 0 saturated heterocycles. The van der Waals surface area contributed by atoms with Crippen LogP contribution in [0.1, 0.15) is 54.5 Å². The second-order valence-corrected chi connectivity index (χ2v) is 7.65. The van der Waals surface area contributed by atoms with E-state index in [9.17, 15) is 15.0 Å². The van der Waals surface area contributed by atoms with Gasteiger partial charge in [-0.2, -0.15) is 0 Å². The minimum absolute atomic E-state index is 0.230. The maximum atomic E-state index is 11.9. The van der Waals surface area contributed by atoms with Gasteiger partial charge in [-0.1, -0.05) is 30.3 Å². The minimum Gasteiger partial charge on any atom is -0.507 e. The van der Waals surface area contributed by atoms with Gasteiger partial charge in [-0.3, -0.25) is 0 Å². The first-order valence-electron chi connectivity index (χ1n) is 10.1. The molecule has 0 heterocycles. The summed E-state index contributed by atoms with van der Waals surface area (Å²) in [6, 6.07) is 9.93. The van der Waals surface area contributed by atoms with Crippen molar-refractivity contribution < 1.29 is 24.5 Å². The zero-order chi connectivity index (χ0) is 21.6. The standard InChI is InChI=1S/C24H32O5/c1-6-28-23(26)24(5,27)14-10-13-20-18(4)22(17(3)16(2)21(20)25)29-15-19-11-8-7-9-12-19/h7-9,11-12,25,27H,6,10,13-15H2,1-5H3. The van der Waals surface area contributed by atoms with E-state index >= 15 is 0 Å². The van der Waals surface area contributed by atoms with Gasteiger partial charge in [-0.25, -0.2) is 4.79 Å². The summed E-state index contributed by atoms with van der Waals surface area (Å²) in [6.45, 7) is 9.60. The van der Waals surface area contributed by atoms with Gasteiger partial charge in [-0.05, 0) is 76.1 Å². The molecule has 5 heteroatoms. The Labute approximate surface area is 173 Å². The lowest BCUT2D eigenvalue weighted by molar-refractivity contribution is -0.163. The number of rotatable bonds is 9. The fraction of sp³-hybridized carbons (Fsp3) is 0.458. The molecule has 0 aliphatic carbocycles. The molecule has 0 aliphatic rings. The predicted molar refractivity (Wildman–Crippen MR) is 113 cm³/mol. The van der Waals surface area contributed by atoms with Crippen molar-refractivity contribution in [2.45, 2.75) is 66.1 Å². The number of aliphatic hydroxyl groups is 1. The van der Waals surface area contributed by atoms with Gasteiger partial charge in [0.1, 0.15) is 18.1 Å². The highest BCUT2D eigenvalue weighted by Gasteiger charge is 2.31. The molecule has 0 aromatic heterocycles. The fourth-order valence-electron chi connectivity index (χ4n) is 3.42. The van der Waals surface area contributed by atoms with Crippen LogP contribution in [0.3, 0.4) is 0 Å². The Hall–Kier alpha value is -2.53. The third kappa shape index (κ3) is 5.51. The summed E-state index contributed by atoms with van der Waals surface area (Å²) in [7, 11) is 0. The van der Waals surface area contributed by atoms with Crippen molar-refractivity contribution in [2.75, 3.05) is 6.61 Å². The molecule has 0 fully saturated rings. The van der Waals surface area contributed by atoms with Gasteiger partial charge in [0.25, 0.3) is 0 Å². The molecule has 2 N–H and O–H groups in total. The summed E-state index contributed by atoms with van der Waals surface area (Å²) < 4.78 is 11.0. The molecule has 2 aromatic rings. The average molecular weight is 401 g/mol. The zero-order valence-electron chi connectivity index (χ0n) is 18.0. The van der Waals surface area contributed by atoms with Crippen molar-refractivity contribution in [3.05, 3.63) is 58.1 Å². The van der Waals surface area contributed by atoms with Crippen LogP contribution in [0, 0.1) is 20.8 Å². The quantitative estimate of drug-likeness (QED) is 0.605. The maximum Gasteiger partial charge on any atom is 0.337 e. The molecular weight excluding hydrogens is 368 g/mol. The molecule has 29 heavy (non-hydrogen) atoms. The molecule has 0 aliphatic heterocycles. The van der Waals surface area contributed by atoms with E-state index in [1.807, 2.05) is 51.1 Å². The lowest BCUT2D eigenvalue weighted by atomic mass is 9.91. The number of hydrogen-bond acceptors (Lipinski definition) is 5. The van der Waals surface area contributed by atoms with Gasteiger partial charge in [0.05, 0.1) is 6.61 Å². The van der Waals surface area contributed by atoms with Crippen LogP contribution in [0.2, 0.25) is 0 Å². The Balaban J connectivity index is 2.17. The number of benzene rings is 2. The normalized spacial score (nSPS) is 13.0. The number of hydrogen-bond donors (Lipinski definition) is 2. The molecule has 0 amide bonds. The molecule has 1 unspecified atom stereocenters. The van der Waals surface area contributed by atoms with Crippen LogP contribution in [0.25, 0.3) is 0 Å². The van der Waals surface area contributed by atoms with E-state index in [0.717, 1.165) is 33.6 Å². The van der Waals surface area contributed by atoms with Crippen molar-refractivity contribution in [1.82, 2.24) is 0 Å². The minimum atomic E-state index is -1.54. The van der Waals surface area contributed by atoms with Crippen LogP contribution < -0.4 is 4.74 Å². The van der Waals surface area contributed by atoms with E-state index in [0.29, 0.717) is 19.4 Å². The van der Waals surface area contributed by atoms with Gasteiger partial charge in [0.15, 0.2) is 5.60 Å². The summed E-state index contributed by atoms with van der Waals surface area (Å²) in [5.74, 6) is 0.409. The number of esters is 1. The van der Waals surface area contributed by atoms with Crippen LogP contribution >= 0.6 is 0 Å². The van der Waals surface area contributed by atoms with Crippen molar-refractivity contribution in [2.24, 2.45) is 0 Å². The van der Waals surface area contributed by atoms with E-state index in [1.54, 1.807) is 6.92 Å². The molecule has 1 atom stereocenters. The average Bonchev–Trinajstić information content (AvgIpc) is 2.70. The highest BCUT2D eigenvalue weighted by Crippen LogP contribution is 2.38. The van der Waals surface area contributed by atoms with Crippen molar-refractivity contribution in [1.29, 1.82) is 0 Å². The van der Waals surface area contributed by atoms with Crippen LogP contribution in [-0.4, -0.2) is 28.4 Å². The number of phenolic OH excluding ortho intramolecular Hbond substituents is 1. The van der Waals surface area contributed by atoms with Gasteiger partial charge >= 0.3 is 5.97 Å². The molecule has 0 radical (unpaired) electrons. The monoisotopic (exact) mass is 400 g/mol. The molecule has 0 spiro atoms. The van der Waals surface area contributed by atoms with Gasteiger partial charge < -0.3 is 19.7 Å². The third-order valence-corrected chi connectivity index (χ3v) is 5.37. The van der Waals surface area contributed by atoms with E-state index in [4.69, 9.17) is 9.47 Å². The summed E-state index contributed by atoms with van der Waals surface area (Å²) in [5, 5.41) is 21.0. The Bertz CT molecular complexity index is 840. The first-order chi connectivity index (χ1) is 13.7. The Morgan fingerprint density at radius 1 is 1.07 bits per heavy atom. The van der Waals surface area contributed by atoms with E-state index < -0.39 is 11.6 Å². The predicted octanol–water partition coefficient (Wildman–Crippen LogP) is 4.53. The zero-order valence-corrected chi connectivity index (χ0v) is 18.0. The van der Waals surface area contributed by atoms with Crippen molar-refractivity contribution in [3.63, 3.8) is 0 Å². The third-order valence-electron chi connectivity index (χ3n) is 5.37. The largest absolute Gasteiger partial charge is 0.507 e. The van der Waals surface area contributed by atoms with Crippen LogP contribution in [0.5, 0.6) is 11.5 Å². The summed E-state index contributed by atoms with van der Waals surface area (Å²) in [6.07, 6.45) is 1.30. The van der Waals surface area contributed by atoms with Crippen LogP contribution in [0.4, 0.5) is 0 Å². The van der Waals surface area contributed by atoms with Crippen LogP contribution in [-0.2, 0) is 22.6 Å². The Morgan fingerprint density at radius 2 is 1.72 bits per heavy atom. The first kappa shape index (κ1) is 22.8. The number of carbonyl (C=O) groups excluding carboxylic acids is 1.